The number of amides is 1. The van der Waals surface area contributed by atoms with Gasteiger partial charge in [-0.3, -0.25) is 14.3 Å². The summed E-state index contributed by atoms with van der Waals surface area (Å²) in [5.74, 6) is -0.175. The van der Waals surface area contributed by atoms with Gasteiger partial charge < -0.3 is 15.0 Å². The van der Waals surface area contributed by atoms with Crippen molar-refractivity contribution in [2.45, 2.75) is 40.3 Å². The van der Waals surface area contributed by atoms with Gasteiger partial charge in [0.05, 0.1) is 18.8 Å². The maximum absolute atomic E-state index is 12.3. The zero-order chi connectivity index (χ0) is 17.1. The molecule has 1 atom stereocenters. The first-order valence-electron chi connectivity index (χ1n) is 7.50. The highest BCUT2D eigenvalue weighted by atomic mass is 16.5. The van der Waals surface area contributed by atoms with Gasteiger partial charge in [-0.15, -0.1) is 0 Å². The molecule has 1 unspecified atom stereocenters. The molecule has 0 spiro atoms. The van der Waals surface area contributed by atoms with Crippen LogP contribution in [-0.4, -0.2) is 27.8 Å². The fraction of sp³-hybridized carbons (Fsp3) is 0.438. The maximum Gasteiger partial charge on any atom is 0.268 e. The summed E-state index contributed by atoms with van der Waals surface area (Å²) < 4.78 is 6.80. The number of nitrogens with zero attached hydrogens (tertiary/aromatic N) is 2. The molecule has 7 heteroatoms. The van der Waals surface area contributed by atoms with Gasteiger partial charge in [-0.05, 0) is 27.7 Å². The van der Waals surface area contributed by atoms with Crippen LogP contribution in [0.4, 0.5) is 0 Å². The third kappa shape index (κ3) is 3.28. The van der Waals surface area contributed by atoms with E-state index in [1.807, 2.05) is 32.4 Å². The third-order valence-corrected chi connectivity index (χ3v) is 3.86. The molecule has 1 amide bonds. The predicted octanol–water partition coefficient (Wildman–Crippen LogP) is 1.71. The van der Waals surface area contributed by atoms with Crippen LogP contribution in [0.25, 0.3) is 0 Å². The Morgan fingerprint density at radius 3 is 2.70 bits per heavy atom. The summed E-state index contributed by atoms with van der Waals surface area (Å²) in [6.45, 7) is 8.60. The molecular formula is C16H22N4O3. The van der Waals surface area contributed by atoms with Crippen molar-refractivity contribution in [1.82, 2.24) is 20.1 Å². The highest BCUT2D eigenvalue weighted by Crippen LogP contribution is 2.21. The first-order chi connectivity index (χ1) is 10.9. The van der Waals surface area contributed by atoms with Crippen LogP contribution < -0.4 is 15.5 Å². The molecule has 0 aliphatic carbocycles. The van der Waals surface area contributed by atoms with E-state index in [0.29, 0.717) is 0 Å². The molecule has 124 valence electrons. The normalized spacial score (nSPS) is 12.0. The summed E-state index contributed by atoms with van der Waals surface area (Å²) in [5.41, 5.74) is 2.77. The molecule has 2 N–H and O–H groups in total. The van der Waals surface area contributed by atoms with E-state index in [1.165, 1.54) is 19.4 Å². The monoisotopic (exact) mass is 318 g/mol. The van der Waals surface area contributed by atoms with E-state index in [-0.39, 0.29) is 28.8 Å². The fourth-order valence-corrected chi connectivity index (χ4v) is 2.74. The lowest BCUT2D eigenvalue weighted by molar-refractivity contribution is 0.0934. The minimum absolute atomic E-state index is 0.172. The number of pyridine rings is 1. The van der Waals surface area contributed by atoms with Crippen molar-refractivity contribution in [3.63, 3.8) is 0 Å². The number of nitrogens with one attached hydrogen (secondary N) is 2. The molecular weight excluding hydrogens is 296 g/mol. The lowest BCUT2D eigenvalue weighted by Gasteiger charge is -2.15. The topological polar surface area (TPSA) is 89.0 Å². The second-order valence-electron chi connectivity index (χ2n) is 5.37. The number of hydrogen-bond donors (Lipinski definition) is 2. The van der Waals surface area contributed by atoms with Gasteiger partial charge in [0.25, 0.3) is 5.91 Å². The van der Waals surface area contributed by atoms with Crippen LogP contribution in [0, 0.1) is 13.8 Å². The van der Waals surface area contributed by atoms with Crippen molar-refractivity contribution in [1.29, 1.82) is 0 Å². The Balaban J connectivity index is 2.22. The van der Waals surface area contributed by atoms with E-state index in [2.05, 4.69) is 15.4 Å². The van der Waals surface area contributed by atoms with Gasteiger partial charge in [0.15, 0.2) is 5.75 Å². The number of aromatic amines is 1. The quantitative estimate of drug-likeness (QED) is 0.878. The molecule has 2 aromatic rings. The van der Waals surface area contributed by atoms with Crippen molar-refractivity contribution in [2.75, 3.05) is 7.11 Å². The Bertz CT molecular complexity index is 776. The lowest BCUT2D eigenvalue weighted by atomic mass is 10.1. The zero-order valence-electron chi connectivity index (χ0n) is 14.1. The van der Waals surface area contributed by atoms with E-state index in [4.69, 9.17) is 4.74 Å². The molecule has 2 rings (SSSR count). The summed E-state index contributed by atoms with van der Waals surface area (Å²) in [6.07, 6.45) is 1.38. The smallest absolute Gasteiger partial charge is 0.268 e. The van der Waals surface area contributed by atoms with Crippen LogP contribution in [0.3, 0.4) is 0 Å². The lowest BCUT2D eigenvalue weighted by Crippen LogP contribution is -2.29. The largest absolute Gasteiger partial charge is 0.491 e. The molecule has 0 bridgehead atoms. The van der Waals surface area contributed by atoms with E-state index in [0.717, 1.165) is 23.5 Å². The van der Waals surface area contributed by atoms with Gasteiger partial charge in [0.1, 0.15) is 5.69 Å². The SMILES string of the molecule is CCn1nc(C)c(C(C)NC(=O)c2cc(=O)c(OC)c[nH]2)c1C. The summed E-state index contributed by atoms with van der Waals surface area (Å²) >= 11 is 0. The minimum Gasteiger partial charge on any atom is -0.491 e. The standard InChI is InChI=1S/C16H22N4O3/c1-6-20-11(4)15(10(3)19-20)9(2)18-16(22)12-7-13(21)14(23-5)8-17-12/h7-9H,6H2,1-5H3,(H,17,21)(H,18,22). The van der Waals surface area contributed by atoms with Crippen LogP contribution in [0.1, 0.15) is 47.3 Å². The van der Waals surface area contributed by atoms with Gasteiger partial charge >= 0.3 is 0 Å². The molecule has 7 nitrogen and oxygen atoms in total. The average Bonchev–Trinajstić information content (AvgIpc) is 2.81. The number of aryl methyl sites for hydroxylation is 2. The van der Waals surface area contributed by atoms with Crippen LogP contribution in [0.2, 0.25) is 0 Å². The zero-order valence-corrected chi connectivity index (χ0v) is 14.1. The van der Waals surface area contributed by atoms with Crippen molar-refractivity contribution in [3.8, 4) is 5.75 Å². The number of methoxy groups -OCH3 is 1. The van der Waals surface area contributed by atoms with Crippen molar-refractivity contribution in [2.24, 2.45) is 0 Å². The van der Waals surface area contributed by atoms with E-state index in [9.17, 15) is 9.59 Å². The molecule has 2 heterocycles. The Morgan fingerprint density at radius 2 is 2.17 bits per heavy atom. The summed E-state index contributed by atoms with van der Waals surface area (Å²) in [6, 6.07) is 1.02. The van der Waals surface area contributed by atoms with Gasteiger partial charge in [0.2, 0.25) is 5.43 Å². The van der Waals surface area contributed by atoms with Crippen LogP contribution >= 0.6 is 0 Å². The van der Waals surface area contributed by atoms with Crippen molar-refractivity contribution < 1.29 is 9.53 Å². The number of ether oxygens (including phenoxy) is 1. The number of carbonyl (C=O) groups excluding carboxylic acids is 1. The Labute approximate surface area is 134 Å². The van der Waals surface area contributed by atoms with Gasteiger partial charge in [-0.1, -0.05) is 0 Å². The van der Waals surface area contributed by atoms with E-state index < -0.39 is 0 Å². The first-order valence-corrected chi connectivity index (χ1v) is 7.50. The minimum atomic E-state index is -0.347. The molecule has 0 radical (unpaired) electrons. The van der Waals surface area contributed by atoms with Gasteiger partial charge in [-0.25, -0.2) is 0 Å². The van der Waals surface area contributed by atoms with Crippen LogP contribution in [0.15, 0.2) is 17.1 Å². The van der Waals surface area contributed by atoms with Crippen molar-refractivity contribution >= 4 is 5.91 Å². The molecule has 2 aromatic heterocycles. The summed E-state index contributed by atoms with van der Waals surface area (Å²) in [5, 5.41) is 7.35. The number of rotatable bonds is 5. The number of carbonyl (C=O) groups is 1. The highest BCUT2D eigenvalue weighted by Gasteiger charge is 2.20. The van der Waals surface area contributed by atoms with Crippen LogP contribution in [0.5, 0.6) is 5.75 Å². The third-order valence-electron chi connectivity index (χ3n) is 3.86. The molecule has 0 fully saturated rings. The second kappa shape index (κ2) is 6.68. The number of H-pyrrole nitrogens is 1. The molecule has 0 aliphatic heterocycles. The highest BCUT2D eigenvalue weighted by molar-refractivity contribution is 5.92. The first kappa shape index (κ1) is 16.8. The molecule has 0 saturated heterocycles. The average molecular weight is 318 g/mol. The Morgan fingerprint density at radius 1 is 1.48 bits per heavy atom. The predicted molar refractivity (Wildman–Crippen MR) is 86.9 cm³/mol. The van der Waals surface area contributed by atoms with E-state index in [1.54, 1.807) is 0 Å². The van der Waals surface area contributed by atoms with Gasteiger partial charge in [0, 0.05) is 30.1 Å². The Kier molecular flexibility index (Phi) is 4.88. The van der Waals surface area contributed by atoms with E-state index >= 15 is 0 Å². The maximum atomic E-state index is 12.3. The molecule has 23 heavy (non-hydrogen) atoms. The number of hydrogen-bond acceptors (Lipinski definition) is 4. The molecule has 0 saturated carbocycles. The summed E-state index contributed by atoms with van der Waals surface area (Å²) in [4.78, 5) is 26.8. The molecule has 0 aliphatic rings. The second-order valence-corrected chi connectivity index (χ2v) is 5.37. The fourth-order valence-electron chi connectivity index (χ4n) is 2.74. The van der Waals surface area contributed by atoms with Gasteiger partial charge in [-0.2, -0.15) is 5.10 Å². The Hall–Kier alpha value is -2.57. The van der Waals surface area contributed by atoms with Crippen LogP contribution in [-0.2, 0) is 6.54 Å². The summed E-state index contributed by atoms with van der Waals surface area (Å²) in [7, 11) is 1.41. The van der Waals surface area contributed by atoms with Crippen molar-refractivity contribution in [3.05, 3.63) is 45.1 Å². The number of aromatic nitrogens is 3. The molecule has 0 aromatic carbocycles.